The summed E-state index contributed by atoms with van der Waals surface area (Å²) >= 11 is 0. The molecule has 0 aliphatic heterocycles. The van der Waals surface area contributed by atoms with Gasteiger partial charge in [0.25, 0.3) is 0 Å². The molecule has 0 fully saturated rings. The Balaban J connectivity index is 2.69. The highest BCUT2D eigenvalue weighted by Gasteiger charge is 1.96. The van der Waals surface area contributed by atoms with E-state index >= 15 is 0 Å². The molecule has 0 saturated carbocycles. The molecular weight excluding hydrogens is 116 g/mol. The van der Waals surface area contributed by atoms with Crippen molar-refractivity contribution < 1.29 is 5.11 Å². The SMILES string of the molecule is Cc1nc[nH]c1CCO. The summed E-state index contributed by atoms with van der Waals surface area (Å²) in [6, 6.07) is 0. The van der Waals surface area contributed by atoms with Crippen LogP contribution in [0.4, 0.5) is 0 Å². The molecule has 0 spiro atoms. The monoisotopic (exact) mass is 126 g/mol. The average Bonchev–Trinajstić information content (AvgIpc) is 2.18. The Kier molecular flexibility index (Phi) is 1.85. The van der Waals surface area contributed by atoms with Crippen molar-refractivity contribution in [3.05, 3.63) is 17.7 Å². The predicted octanol–water partition coefficient (Wildman–Crippen LogP) is 0.253. The van der Waals surface area contributed by atoms with Crippen LogP contribution in [-0.4, -0.2) is 21.7 Å². The maximum Gasteiger partial charge on any atom is 0.0925 e. The first kappa shape index (κ1) is 6.29. The molecule has 0 unspecified atom stereocenters. The van der Waals surface area contributed by atoms with E-state index in [0.29, 0.717) is 6.42 Å². The number of aliphatic hydroxyl groups is 1. The van der Waals surface area contributed by atoms with Crippen molar-refractivity contribution in [2.75, 3.05) is 6.61 Å². The first-order valence-corrected chi connectivity index (χ1v) is 2.94. The highest BCUT2D eigenvalue weighted by molar-refractivity contribution is 5.08. The maximum absolute atomic E-state index is 8.51. The molecule has 50 valence electrons. The van der Waals surface area contributed by atoms with Gasteiger partial charge in [-0.1, -0.05) is 0 Å². The second-order valence-corrected chi connectivity index (χ2v) is 1.94. The minimum Gasteiger partial charge on any atom is -0.396 e. The Labute approximate surface area is 53.7 Å². The number of aromatic nitrogens is 2. The molecule has 3 nitrogen and oxygen atoms in total. The van der Waals surface area contributed by atoms with Gasteiger partial charge in [0, 0.05) is 18.7 Å². The quantitative estimate of drug-likeness (QED) is 0.597. The summed E-state index contributed by atoms with van der Waals surface area (Å²) < 4.78 is 0. The van der Waals surface area contributed by atoms with Crippen molar-refractivity contribution in [3.63, 3.8) is 0 Å². The Bertz CT molecular complexity index is 183. The first-order valence-electron chi connectivity index (χ1n) is 2.94. The molecule has 0 bridgehead atoms. The topological polar surface area (TPSA) is 48.9 Å². The number of hydrogen-bond donors (Lipinski definition) is 2. The van der Waals surface area contributed by atoms with E-state index in [4.69, 9.17) is 5.11 Å². The second-order valence-electron chi connectivity index (χ2n) is 1.94. The molecule has 0 saturated heterocycles. The van der Waals surface area contributed by atoms with Crippen LogP contribution in [0, 0.1) is 6.92 Å². The summed E-state index contributed by atoms with van der Waals surface area (Å²) in [6.45, 7) is 2.10. The van der Waals surface area contributed by atoms with Gasteiger partial charge in [-0.2, -0.15) is 0 Å². The van der Waals surface area contributed by atoms with E-state index in [9.17, 15) is 0 Å². The van der Waals surface area contributed by atoms with Gasteiger partial charge in [-0.3, -0.25) is 0 Å². The molecule has 1 aromatic rings. The predicted molar refractivity (Wildman–Crippen MR) is 34.1 cm³/mol. The smallest absolute Gasteiger partial charge is 0.0925 e. The van der Waals surface area contributed by atoms with Gasteiger partial charge in [0.2, 0.25) is 0 Å². The molecule has 0 aromatic carbocycles. The van der Waals surface area contributed by atoms with E-state index in [1.165, 1.54) is 0 Å². The zero-order chi connectivity index (χ0) is 6.69. The molecule has 0 aliphatic carbocycles. The standard InChI is InChI=1S/C6H10N2O/c1-5-6(2-3-9)8-4-7-5/h4,9H,2-3H2,1H3,(H,7,8). The summed E-state index contributed by atoms with van der Waals surface area (Å²) in [7, 11) is 0. The van der Waals surface area contributed by atoms with Gasteiger partial charge in [0.15, 0.2) is 0 Å². The molecular formula is C6H10N2O. The van der Waals surface area contributed by atoms with Gasteiger partial charge in [0.05, 0.1) is 12.0 Å². The number of nitrogens with one attached hydrogen (secondary N) is 1. The van der Waals surface area contributed by atoms with Crippen molar-refractivity contribution in [2.45, 2.75) is 13.3 Å². The Morgan fingerprint density at radius 2 is 2.56 bits per heavy atom. The highest BCUT2D eigenvalue weighted by atomic mass is 16.3. The molecule has 0 amide bonds. The fraction of sp³-hybridized carbons (Fsp3) is 0.500. The lowest BCUT2D eigenvalue weighted by Gasteiger charge is -1.91. The van der Waals surface area contributed by atoms with Gasteiger partial charge in [-0.05, 0) is 6.92 Å². The normalized spacial score (nSPS) is 10.0. The zero-order valence-electron chi connectivity index (χ0n) is 5.39. The molecule has 0 radical (unpaired) electrons. The van der Waals surface area contributed by atoms with Crippen LogP contribution in [-0.2, 0) is 6.42 Å². The summed E-state index contributed by atoms with van der Waals surface area (Å²) in [6.07, 6.45) is 2.31. The first-order chi connectivity index (χ1) is 4.34. The fourth-order valence-electron chi connectivity index (χ4n) is 0.754. The van der Waals surface area contributed by atoms with Gasteiger partial charge >= 0.3 is 0 Å². The molecule has 9 heavy (non-hydrogen) atoms. The largest absolute Gasteiger partial charge is 0.396 e. The lowest BCUT2D eigenvalue weighted by Crippen LogP contribution is -1.92. The summed E-state index contributed by atoms with van der Waals surface area (Å²) in [5.74, 6) is 0. The van der Waals surface area contributed by atoms with Crippen molar-refractivity contribution >= 4 is 0 Å². The number of imidazole rings is 1. The van der Waals surface area contributed by atoms with Gasteiger partial charge < -0.3 is 10.1 Å². The van der Waals surface area contributed by atoms with Crippen molar-refractivity contribution in [2.24, 2.45) is 0 Å². The molecule has 1 heterocycles. The average molecular weight is 126 g/mol. The Morgan fingerprint density at radius 1 is 1.78 bits per heavy atom. The van der Waals surface area contributed by atoms with Crippen LogP contribution in [0.1, 0.15) is 11.4 Å². The number of aryl methyl sites for hydroxylation is 1. The molecule has 3 heteroatoms. The third-order valence-corrected chi connectivity index (χ3v) is 1.30. The minimum absolute atomic E-state index is 0.184. The highest BCUT2D eigenvalue weighted by Crippen LogP contribution is 1.99. The van der Waals surface area contributed by atoms with Crippen LogP contribution in [0.25, 0.3) is 0 Å². The second kappa shape index (κ2) is 2.64. The van der Waals surface area contributed by atoms with E-state index < -0.39 is 0 Å². The lowest BCUT2D eigenvalue weighted by atomic mass is 10.3. The number of H-pyrrole nitrogens is 1. The van der Waals surface area contributed by atoms with Gasteiger partial charge in [-0.15, -0.1) is 0 Å². The third-order valence-electron chi connectivity index (χ3n) is 1.30. The zero-order valence-corrected chi connectivity index (χ0v) is 5.39. The minimum atomic E-state index is 0.184. The number of aliphatic hydroxyl groups excluding tert-OH is 1. The van der Waals surface area contributed by atoms with Crippen LogP contribution in [0.5, 0.6) is 0 Å². The Morgan fingerprint density at radius 3 is 3.00 bits per heavy atom. The summed E-state index contributed by atoms with van der Waals surface area (Å²) in [4.78, 5) is 6.90. The molecule has 2 N–H and O–H groups in total. The molecule has 1 rings (SSSR count). The number of nitrogens with zero attached hydrogens (tertiary/aromatic N) is 1. The van der Waals surface area contributed by atoms with E-state index in [2.05, 4.69) is 9.97 Å². The van der Waals surface area contributed by atoms with E-state index in [-0.39, 0.29) is 6.61 Å². The van der Waals surface area contributed by atoms with Crippen molar-refractivity contribution in [1.82, 2.24) is 9.97 Å². The lowest BCUT2D eigenvalue weighted by molar-refractivity contribution is 0.298. The van der Waals surface area contributed by atoms with Gasteiger partial charge in [-0.25, -0.2) is 4.98 Å². The van der Waals surface area contributed by atoms with Crippen LogP contribution >= 0.6 is 0 Å². The van der Waals surface area contributed by atoms with Crippen molar-refractivity contribution in [1.29, 1.82) is 0 Å². The number of aromatic amines is 1. The van der Waals surface area contributed by atoms with Crippen LogP contribution in [0.15, 0.2) is 6.33 Å². The van der Waals surface area contributed by atoms with Crippen LogP contribution < -0.4 is 0 Å². The summed E-state index contributed by atoms with van der Waals surface area (Å²) in [5, 5.41) is 8.51. The van der Waals surface area contributed by atoms with Gasteiger partial charge in [0.1, 0.15) is 0 Å². The van der Waals surface area contributed by atoms with E-state index in [0.717, 1.165) is 11.4 Å². The molecule has 0 atom stereocenters. The number of rotatable bonds is 2. The molecule has 0 aliphatic rings. The van der Waals surface area contributed by atoms with E-state index in [1.807, 2.05) is 6.92 Å². The summed E-state index contributed by atoms with van der Waals surface area (Å²) in [5.41, 5.74) is 2.00. The third kappa shape index (κ3) is 1.29. The number of hydrogen-bond acceptors (Lipinski definition) is 2. The van der Waals surface area contributed by atoms with Crippen LogP contribution in [0.2, 0.25) is 0 Å². The van der Waals surface area contributed by atoms with Crippen molar-refractivity contribution in [3.8, 4) is 0 Å². The van der Waals surface area contributed by atoms with E-state index in [1.54, 1.807) is 6.33 Å². The van der Waals surface area contributed by atoms with Crippen LogP contribution in [0.3, 0.4) is 0 Å². The molecule has 1 aromatic heterocycles. The fourth-order valence-corrected chi connectivity index (χ4v) is 0.754. The Hall–Kier alpha value is -0.830. The maximum atomic E-state index is 8.51.